The van der Waals surface area contributed by atoms with Gasteiger partial charge in [0.05, 0.1) is 12.8 Å². The minimum Gasteiger partial charge on any atom is -0.495 e. The van der Waals surface area contributed by atoms with Crippen molar-refractivity contribution in [3.05, 3.63) is 23.2 Å². The van der Waals surface area contributed by atoms with Crippen LogP contribution in [-0.4, -0.2) is 36.0 Å². The van der Waals surface area contributed by atoms with Gasteiger partial charge in [0, 0.05) is 29.1 Å². The monoisotopic (exact) mass is 376 g/mol. The summed E-state index contributed by atoms with van der Waals surface area (Å²) in [7, 11) is 1.61. The largest absolute Gasteiger partial charge is 0.495 e. The van der Waals surface area contributed by atoms with Crippen LogP contribution < -0.4 is 10.1 Å². The Labute approximate surface area is 161 Å². The number of carbonyl (C=O) groups excluding carboxylic acids is 1. The fourth-order valence-corrected chi connectivity index (χ4v) is 5.59. The molecule has 142 valence electrons. The molecule has 1 aliphatic carbocycles. The van der Waals surface area contributed by atoms with Gasteiger partial charge >= 0.3 is 0 Å². The van der Waals surface area contributed by atoms with E-state index in [2.05, 4.69) is 10.2 Å². The molecular formula is C21H29ClN2O2. The Bertz CT molecular complexity index is 645. The van der Waals surface area contributed by atoms with E-state index in [1.54, 1.807) is 25.3 Å². The zero-order valence-electron chi connectivity index (χ0n) is 15.5. The molecule has 1 saturated carbocycles. The zero-order valence-corrected chi connectivity index (χ0v) is 16.3. The number of nitrogens with one attached hydrogen (secondary N) is 1. The Morgan fingerprint density at radius 2 is 1.77 bits per heavy atom. The van der Waals surface area contributed by atoms with E-state index < -0.39 is 0 Å². The average Bonchev–Trinajstić information content (AvgIpc) is 2.92. The van der Waals surface area contributed by atoms with Crippen molar-refractivity contribution in [2.45, 2.75) is 75.9 Å². The number of hydrogen-bond donors (Lipinski definition) is 1. The summed E-state index contributed by atoms with van der Waals surface area (Å²) in [5.41, 5.74) is 0.673. The van der Waals surface area contributed by atoms with Crippen molar-refractivity contribution in [2.75, 3.05) is 12.4 Å². The Hall–Kier alpha value is -1.26. The van der Waals surface area contributed by atoms with Crippen LogP contribution in [0.3, 0.4) is 0 Å². The lowest BCUT2D eigenvalue weighted by Crippen LogP contribution is -2.51. The van der Waals surface area contributed by atoms with Crippen LogP contribution in [-0.2, 0) is 4.79 Å². The molecule has 0 aromatic heterocycles. The van der Waals surface area contributed by atoms with Crippen LogP contribution in [0.2, 0.25) is 5.02 Å². The Morgan fingerprint density at radius 3 is 2.42 bits per heavy atom. The Morgan fingerprint density at radius 1 is 1.08 bits per heavy atom. The van der Waals surface area contributed by atoms with Crippen molar-refractivity contribution < 1.29 is 9.53 Å². The van der Waals surface area contributed by atoms with E-state index in [9.17, 15) is 4.79 Å². The van der Waals surface area contributed by atoms with E-state index in [0.29, 0.717) is 28.5 Å². The van der Waals surface area contributed by atoms with Crippen LogP contribution in [0.25, 0.3) is 0 Å². The molecule has 2 bridgehead atoms. The molecule has 4 rings (SSSR count). The van der Waals surface area contributed by atoms with Gasteiger partial charge in [0.2, 0.25) is 5.91 Å². The second-order valence-corrected chi connectivity index (χ2v) is 8.56. The van der Waals surface area contributed by atoms with E-state index in [-0.39, 0.29) is 11.8 Å². The van der Waals surface area contributed by atoms with Crippen molar-refractivity contribution in [2.24, 2.45) is 5.92 Å². The number of fused-ring (bicyclic) bond motifs is 2. The van der Waals surface area contributed by atoms with Crippen molar-refractivity contribution in [3.8, 4) is 5.75 Å². The number of halogens is 1. The van der Waals surface area contributed by atoms with Gasteiger partial charge < -0.3 is 10.1 Å². The van der Waals surface area contributed by atoms with Crippen LogP contribution in [0.5, 0.6) is 5.75 Å². The number of benzene rings is 1. The summed E-state index contributed by atoms with van der Waals surface area (Å²) in [5, 5.41) is 3.67. The zero-order chi connectivity index (χ0) is 18.1. The predicted molar refractivity (Wildman–Crippen MR) is 105 cm³/mol. The summed E-state index contributed by atoms with van der Waals surface area (Å²) >= 11 is 6.09. The van der Waals surface area contributed by atoms with Crippen molar-refractivity contribution in [3.63, 3.8) is 0 Å². The summed E-state index contributed by atoms with van der Waals surface area (Å²) in [5.74, 6) is 0.868. The summed E-state index contributed by atoms with van der Waals surface area (Å²) in [4.78, 5) is 15.7. The molecule has 1 N–H and O–H groups in total. The third kappa shape index (κ3) is 3.59. The standard InChI is InChI=1S/C21H29ClN2O2/c1-26-20-10-7-15(22)13-19(20)23-21(25)14-11-17-8-9-18(12-14)24(17)16-5-3-2-4-6-16/h7,10,13-14,16-18H,2-6,8-9,11-12H2,1H3,(H,23,25). The Balaban J connectivity index is 1.42. The maximum atomic E-state index is 12.9. The molecule has 4 nitrogen and oxygen atoms in total. The SMILES string of the molecule is COc1ccc(Cl)cc1NC(=O)C1CC2CCC(C1)N2C1CCCCC1. The molecule has 5 heteroatoms. The second-order valence-electron chi connectivity index (χ2n) is 8.13. The molecule has 2 saturated heterocycles. The van der Waals surface area contributed by atoms with Gasteiger partial charge in [-0.05, 0) is 56.7 Å². The number of hydrogen-bond acceptors (Lipinski definition) is 3. The minimum absolute atomic E-state index is 0.0935. The van der Waals surface area contributed by atoms with Crippen LogP contribution in [0, 0.1) is 5.92 Å². The van der Waals surface area contributed by atoms with Gasteiger partial charge in [-0.2, -0.15) is 0 Å². The number of anilines is 1. The molecule has 3 aliphatic rings. The third-order valence-corrected chi connectivity index (χ3v) is 6.81. The highest BCUT2D eigenvalue weighted by atomic mass is 35.5. The highest BCUT2D eigenvalue weighted by Crippen LogP contribution is 2.43. The fourth-order valence-electron chi connectivity index (χ4n) is 5.42. The topological polar surface area (TPSA) is 41.6 Å². The molecule has 2 heterocycles. The van der Waals surface area contributed by atoms with Gasteiger partial charge in [-0.25, -0.2) is 0 Å². The molecule has 2 unspecified atom stereocenters. The van der Waals surface area contributed by atoms with Crippen molar-refractivity contribution in [1.82, 2.24) is 4.90 Å². The number of amides is 1. The summed E-state index contributed by atoms with van der Waals surface area (Å²) < 4.78 is 5.36. The number of rotatable bonds is 4. The van der Waals surface area contributed by atoms with Crippen molar-refractivity contribution >= 4 is 23.2 Å². The van der Waals surface area contributed by atoms with Crippen LogP contribution in [0.4, 0.5) is 5.69 Å². The Kier molecular flexibility index (Phi) is 5.42. The number of methoxy groups -OCH3 is 1. The van der Waals surface area contributed by atoms with E-state index in [4.69, 9.17) is 16.3 Å². The summed E-state index contributed by atoms with van der Waals surface area (Å²) in [6.07, 6.45) is 11.3. The number of nitrogens with zero attached hydrogens (tertiary/aromatic N) is 1. The lowest BCUT2D eigenvalue weighted by molar-refractivity contribution is -0.122. The van der Waals surface area contributed by atoms with E-state index >= 15 is 0 Å². The van der Waals surface area contributed by atoms with E-state index in [0.717, 1.165) is 18.9 Å². The van der Waals surface area contributed by atoms with Gasteiger partial charge in [-0.15, -0.1) is 0 Å². The lowest BCUT2D eigenvalue weighted by Gasteiger charge is -2.44. The molecule has 1 aromatic rings. The molecule has 2 aliphatic heterocycles. The summed E-state index contributed by atoms with van der Waals surface area (Å²) in [6.45, 7) is 0. The van der Waals surface area contributed by atoms with Gasteiger partial charge in [0.1, 0.15) is 5.75 Å². The quantitative estimate of drug-likeness (QED) is 0.815. The average molecular weight is 377 g/mol. The first-order valence-corrected chi connectivity index (χ1v) is 10.5. The first kappa shape index (κ1) is 18.1. The van der Waals surface area contributed by atoms with Crippen molar-refractivity contribution in [1.29, 1.82) is 0 Å². The van der Waals surface area contributed by atoms with Crippen LogP contribution >= 0.6 is 11.6 Å². The predicted octanol–water partition coefficient (Wildman–Crippen LogP) is 4.86. The molecule has 0 spiro atoms. The molecule has 3 fully saturated rings. The first-order chi connectivity index (χ1) is 12.7. The fraction of sp³-hybridized carbons (Fsp3) is 0.667. The maximum Gasteiger partial charge on any atom is 0.227 e. The number of carbonyl (C=O) groups is 1. The molecule has 0 radical (unpaired) electrons. The molecule has 2 atom stereocenters. The smallest absolute Gasteiger partial charge is 0.227 e. The van der Waals surface area contributed by atoms with Gasteiger partial charge in [-0.3, -0.25) is 9.69 Å². The van der Waals surface area contributed by atoms with E-state index in [1.165, 1.54) is 44.9 Å². The normalized spacial score (nSPS) is 29.5. The lowest BCUT2D eigenvalue weighted by atomic mass is 9.85. The van der Waals surface area contributed by atoms with Gasteiger partial charge in [0.15, 0.2) is 0 Å². The maximum absolute atomic E-state index is 12.9. The highest BCUT2D eigenvalue weighted by molar-refractivity contribution is 6.31. The molecule has 1 amide bonds. The van der Waals surface area contributed by atoms with Crippen LogP contribution in [0.1, 0.15) is 57.8 Å². The summed E-state index contributed by atoms with van der Waals surface area (Å²) in [6, 6.07) is 7.29. The van der Waals surface area contributed by atoms with Crippen LogP contribution in [0.15, 0.2) is 18.2 Å². The van der Waals surface area contributed by atoms with Gasteiger partial charge in [-0.1, -0.05) is 30.9 Å². The third-order valence-electron chi connectivity index (χ3n) is 6.58. The number of ether oxygens (including phenoxy) is 1. The highest BCUT2D eigenvalue weighted by Gasteiger charge is 2.45. The van der Waals surface area contributed by atoms with Gasteiger partial charge in [0.25, 0.3) is 0 Å². The van der Waals surface area contributed by atoms with E-state index in [1.807, 2.05) is 0 Å². The minimum atomic E-state index is 0.0935. The number of piperidine rings is 1. The first-order valence-electron chi connectivity index (χ1n) is 10.1. The molecule has 1 aromatic carbocycles. The molecule has 26 heavy (non-hydrogen) atoms. The second kappa shape index (κ2) is 7.77. The molecular weight excluding hydrogens is 348 g/mol.